The maximum Gasteiger partial charge on any atom is 0.227 e. The van der Waals surface area contributed by atoms with Gasteiger partial charge in [-0.05, 0) is 37.7 Å². The maximum atomic E-state index is 13.6. The molecule has 0 bridgehead atoms. The third-order valence-corrected chi connectivity index (χ3v) is 6.43. The van der Waals surface area contributed by atoms with Crippen LogP contribution in [-0.2, 0) is 6.54 Å². The number of anilines is 3. The molecule has 1 atom stereocenters. The summed E-state index contributed by atoms with van der Waals surface area (Å²) < 4.78 is 13.6. The Hall–Kier alpha value is -3.68. The van der Waals surface area contributed by atoms with Crippen molar-refractivity contribution in [2.24, 2.45) is 0 Å². The van der Waals surface area contributed by atoms with E-state index in [2.05, 4.69) is 48.2 Å². The van der Waals surface area contributed by atoms with Crippen molar-refractivity contribution in [1.82, 2.24) is 29.7 Å². The summed E-state index contributed by atoms with van der Waals surface area (Å²) in [6.45, 7) is 5.94. The van der Waals surface area contributed by atoms with Gasteiger partial charge in [-0.3, -0.25) is 9.88 Å². The number of nitrogens with one attached hydrogen (secondary N) is 1. The summed E-state index contributed by atoms with van der Waals surface area (Å²) in [6, 6.07) is 9.70. The number of hydrogen-bond donors (Lipinski definition) is 1. The van der Waals surface area contributed by atoms with Crippen LogP contribution >= 0.6 is 0 Å². The Bertz CT molecular complexity index is 1200. The molecule has 0 amide bonds. The zero-order valence-electron chi connectivity index (χ0n) is 19.7. The number of nitrogens with zero attached hydrogens (tertiary/aromatic N) is 8. The van der Waals surface area contributed by atoms with Gasteiger partial charge in [0.15, 0.2) is 0 Å². The van der Waals surface area contributed by atoms with E-state index in [1.165, 1.54) is 0 Å². The minimum absolute atomic E-state index is 0.269. The summed E-state index contributed by atoms with van der Waals surface area (Å²) in [5, 5.41) is 12.8. The lowest BCUT2D eigenvalue weighted by molar-refractivity contribution is 0.147. The fraction of sp³-hybridized carbons (Fsp3) is 0.400. The van der Waals surface area contributed by atoms with Gasteiger partial charge >= 0.3 is 0 Å². The fourth-order valence-electron chi connectivity index (χ4n) is 4.38. The normalized spacial score (nSPS) is 19.0. The Kier molecular flexibility index (Phi) is 6.79. The summed E-state index contributed by atoms with van der Waals surface area (Å²) in [4.78, 5) is 24.5. The van der Waals surface area contributed by atoms with Crippen molar-refractivity contribution in [2.75, 3.05) is 56.5 Å². The van der Waals surface area contributed by atoms with Gasteiger partial charge < -0.3 is 15.1 Å². The van der Waals surface area contributed by atoms with Crippen LogP contribution in [0.15, 0.2) is 42.9 Å². The van der Waals surface area contributed by atoms with Crippen molar-refractivity contribution in [3.05, 3.63) is 54.1 Å². The SMILES string of the molecule is CN1CCN(Cc2ccc(Nc3nccc(-c4cnc(N5CC[C@H](F)C5)c(C#N)c4)n3)cn2)CC1. The van der Waals surface area contributed by atoms with E-state index in [1.807, 2.05) is 17.0 Å². The number of likely N-dealkylation sites (N-methyl/N-ethyl adjacent to an activating group) is 1. The molecular formula is C25H28FN9. The molecule has 2 saturated heterocycles. The van der Waals surface area contributed by atoms with Crippen molar-refractivity contribution in [1.29, 1.82) is 5.26 Å². The molecule has 2 aliphatic heterocycles. The highest BCUT2D eigenvalue weighted by molar-refractivity contribution is 5.67. The van der Waals surface area contributed by atoms with E-state index in [0.29, 0.717) is 41.6 Å². The lowest BCUT2D eigenvalue weighted by Crippen LogP contribution is -2.43. The fourth-order valence-corrected chi connectivity index (χ4v) is 4.38. The molecule has 2 aliphatic rings. The van der Waals surface area contributed by atoms with E-state index in [0.717, 1.165) is 44.1 Å². The third kappa shape index (κ3) is 5.53. The number of aromatic nitrogens is 4. The maximum absolute atomic E-state index is 13.6. The molecule has 1 N–H and O–H groups in total. The quantitative estimate of drug-likeness (QED) is 0.580. The molecule has 0 radical (unpaired) electrons. The Morgan fingerprint density at radius 1 is 1.09 bits per heavy atom. The van der Waals surface area contributed by atoms with Crippen LogP contribution in [0.3, 0.4) is 0 Å². The Morgan fingerprint density at radius 2 is 1.94 bits per heavy atom. The van der Waals surface area contributed by atoms with Gasteiger partial charge in [-0.2, -0.15) is 5.26 Å². The molecule has 9 nitrogen and oxygen atoms in total. The second kappa shape index (κ2) is 10.3. The number of nitriles is 1. The molecule has 35 heavy (non-hydrogen) atoms. The smallest absolute Gasteiger partial charge is 0.227 e. The lowest BCUT2D eigenvalue weighted by Gasteiger charge is -2.32. The number of rotatable bonds is 6. The Balaban J connectivity index is 1.26. The molecular weight excluding hydrogens is 445 g/mol. The van der Waals surface area contributed by atoms with Gasteiger partial charge in [0.2, 0.25) is 5.95 Å². The molecule has 0 aromatic carbocycles. The number of piperazine rings is 1. The van der Waals surface area contributed by atoms with E-state index < -0.39 is 6.17 Å². The largest absolute Gasteiger partial charge is 0.352 e. The average molecular weight is 474 g/mol. The van der Waals surface area contributed by atoms with Crippen LogP contribution < -0.4 is 10.2 Å². The standard InChI is InChI=1S/C25H28FN9/c1-33-8-10-34(11-9-33)17-22-3-2-21(15-29-22)31-25-28-6-4-23(32-25)19-12-18(13-27)24(30-14-19)35-7-5-20(26)16-35/h2-4,6,12,14-15,20H,5,7-11,16-17H2,1H3,(H,28,31,32)/t20-/m0/s1. The van der Waals surface area contributed by atoms with Crippen molar-refractivity contribution >= 4 is 17.5 Å². The van der Waals surface area contributed by atoms with Crippen molar-refractivity contribution < 1.29 is 4.39 Å². The van der Waals surface area contributed by atoms with E-state index in [-0.39, 0.29) is 6.54 Å². The van der Waals surface area contributed by atoms with Crippen LogP contribution in [0.25, 0.3) is 11.3 Å². The summed E-state index contributed by atoms with van der Waals surface area (Å²) >= 11 is 0. The van der Waals surface area contributed by atoms with Gasteiger partial charge in [0.25, 0.3) is 0 Å². The first-order valence-electron chi connectivity index (χ1n) is 11.8. The number of alkyl halides is 1. The molecule has 3 aromatic rings. The van der Waals surface area contributed by atoms with Crippen LogP contribution in [-0.4, -0.2) is 82.2 Å². The molecule has 0 spiro atoms. The molecule has 0 unspecified atom stereocenters. The van der Waals surface area contributed by atoms with Gasteiger partial charge in [0.05, 0.1) is 35.4 Å². The van der Waals surface area contributed by atoms with Crippen LogP contribution in [0.5, 0.6) is 0 Å². The minimum Gasteiger partial charge on any atom is -0.352 e. The summed E-state index contributed by atoms with van der Waals surface area (Å²) in [5.41, 5.74) is 3.58. The molecule has 0 aliphatic carbocycles. The molecule has 5 heterocycles. The minimum atomic E-state index is -0.881. The topological polar surface area (TPSA) is 97.1 Å². The number of halogens is 1. The van der Waals surface area contributed by atoms with Crippen molar-refractivity contribution in [3.8, 4) is 17.3 Å². The number of pyridine rings is 2. The van der Waals surface area contributed by atoms with Crippen molar-refractivity contribution in [3.63, 3.8) is 0 Å². The molecule has 2 fully saturated rings. The first kappa shape index (κ1) is 23.1. The van der Waals surface area contributed by atoms with Crippen LogP contribution in [0, 0.1) is 11.3 Å². The van der Waals surface area contributed by atoms with E-state index in [9.17, 15) is 9.65 Å². The highest BCUT2D eigenvalue weighted by Crippen LogP contribution is 2.27. The van der Waals surface area contributed by atoms with Gasteiger partial charge in [0.1, 0.15) is 18.1 Å². The predicted octanol–water partition coefficient (Wildman–Crippen LogP) is 2.84. The summed E-state index contributed by atoms with van der Waals surface area (Å²) in [5.74, 6) is 0.949. The van der Waals surface area contributed by atoms with E-state index in [1.54, 1.807) is 30.7 Å². The first-order chi connectivity index (χ1) is 17.1. The van der Waals surface area contributed by atoms with Gasteiger partial charge in [-0.15, -0.1) is 0 Å². The van der Waals surface area contributed by atoms with E-state index >= 15 is 0 Å². The second-order valence-corrected chi connectivity index (χ2v) is 9.05. The Labute approximate surface area is 204 Å². The Morgan fingerprint density at radius 3 is 2.66 bits per heavy atom. The summed E-state index contributed by atoms with van der Waals surface area (Å²) in [6.07, 6.45) is 4.70. The zero-order chi connectivity index (χ0) is 24.2. The zero-order valence-corrected chi connectivity index (χ0v) is 19.7. The molecule has 3 aromatic heterocycles. The van der Waals surface area contributed by atoms with Crippen LogP contribution in [0.4, 0.5) is 21.8 Å². The molecule has 5 rings (SSSR count). The number of hydrogen-bond acceptors (Lipinski definition) is 9. The summed E-state index contributed by atoms with van der Waals surface area (Å²) in [7, 11) is 2.15. The van der Waals surface area contributed by atoms with Gasteiger partial charge in [0, 0.05) is 57.2 Å². The van der Waals surface area contributed by atoms with Crippen LogP contribution in [0.1, 0.15) is 17.7 Å². The van der Waals surface area contributed by atoms with Gasteiger partial charge in [-0.1, -0.05) is 0 Å². The molecule has 180 valence electrons. The van der Waals surface area contributed by atoms with Crippen molar-refractivity contribution in [2.45, 2.75) is 19.1 Å². The predicted molar refractivity (Wildman–Crippen MR) is 132 cm³/mol. The van der Waals surface area contributed by atoms with Crippen LogP contribution in [0.2, 0.25) is 0 Å². The van der Waals surface area contributed by atoms with E-state index in [4.69, 9.17) is 0 Å². The molecule has 0 saturated carbocycles. The monoisotopic (exact) mass is 473 g/mol. The highest BCUT2D eigenvalue weighted by atomic mass is 19.1. The first-order valence-corrected chi connectivity index (χ1v) is 11.8. The highest BCUT2D eigenvalue weighted by Gasteiger charge is 2.25. The second-order valence-electron chi connectivity index (χ2n) is 9.05. The van der Waals surface area contributed by atoms with Gasteiger partial charge in [-0.25, -0.2) is 19.3 Å². The average Bonchev–Trinajstić information content (AvgIpc) is 3.32. The lowest BCUT2D eigenvalue weighted by atomic mass is 10.1. The third-order valence-electron chi connectivity index (χ3n) is 6.43. The molecule has 10 heteroatoms.